The molecule has 116 valence electrons. The van der Waals surface area contributed by atoms with Crippen LogP contribution in [0.1, 0.15) is 15.9 Å². The van der Waals surface area contributed by atoms with Crippen molar-refractivity contribution in [1.82, 2.24) is 14.7 Å². The normalized spacial score (nSPS) is 16.5. The van der Waals surface area contributed by atoms with E-state index in [4.69, 9.17) is 11.6 Å². The molecule has 21 heavy (non-hydrogen) atoms. The van der Waals surface area contributed by atoms with E-state index >= 15 is 0 Å². The van der Waals surface area contributed by atoms with Gasteiger partial charge in [-0.3, -0.25) is 9.69 Å². The van der Waals surface area contributed by atoms with Gasteiger partial charge in [-0.2, -0.15) is 0 Å². The molecule has 0 spiro atoms. The van der Waals surface area contributed by atoms with Crippen molar-refractivity contribution in [3.8, 4) is 0 Å². The van der Waals surface area contributed by atoms with Crippen molar-refractivity contribution in [2.75, 3.05) is 53.4 Å². The topological polar surface area (TPSA) is 26.8 Å². The molecule has 0 bridgehead atoms. The first-order valence-electron chi connectivity index (χ1n) is 7.41. The molecule has 0 atom stereocenters. The minimum atomic E-state index is 0.120. The lowest BCUT2D eigenvalue weighted by molar-refractivity contribution is 0.0629. The van der Waals surface area contributed by atoms with E-state index in [0.717, 1.165) is 50.4 Å². The van der Waals surface area contributed by atoms with Crippen LogP contribution in [0.5, 0.6) is 0 Å². The third-order valence-electron chi connectivity index (χ3n) is 3.85. The Bertz CT molecular complexity index is 470. The van der Waals surface area contributed by atoms with E-state index in [-0.39, 0.29) is 5.91 Å². The molecule has 1 heterocycles. The highest BCUT2D eigenvalue weighted by atomic mass is 35.5. The number of likely N-dealkylation sites (N-methyl/N-ethyl adjacent to an activating group) is 1. The Kier molecular flexibility index (Phi) is 6.03. The number of nitrogens with zero attached hydrogens (tertiary/aromatic N) is 3. The van der Waals surface area contributed by atoms with Crippen molar-refractivity contribution < 1.29 is 4.79 Å². The molecule has 0 radical (unpaired) electrons. The summed E-state index contributed by atoms with van der Waals surface area (Å²) in [4.78, 5) is 19.0. The van der Waals surface area contributed by atoms with E-state index in [1.54, 1.807) is 0 Å². The van der Waals surface area contributed by atoms with Crippen LogP contribution in [0.4, 0.5) is 0 Å². The number of alkyl halides is 1. The second-order valence-corrected chi connectivity index (χ2v) is 6.04. The summed E-state index contributed by atoms with van der Waals surface area (Å²) in [6, 6.07) is 7.62. The number of carbonyl (C=O) groups is 1. The monoisotopic (exact) mass is 309 g/mol. The van der Waals surface area contributed by atoms with Crippen molar-refractivity contribution >= 4 is 17.5 Å². The first-order valence-corrected chi connectivity index (χ1v) is 7.95. The zero-order chi connectivity index (χ0) is 15.2. The average molecular weight is 310 g/mol. The molecule has 0 saturated carbocycles. The van der Waals surface area contributed by atoms with Crippen LogP contribution < -0.4 is 0 Å². The summed E-state index contributed by atoms with van der Waals surface area (Å²) in [5.41, 5.74) is 1.74. The molecule has 1 aliphatic rings. The zero-order valence-corrected chi connectivity index (χ0v) is 13.6. The Hall–Kier alpha value is -1.10. The van der Waals surface area contributed by atoms with Crippen molar-refractivity contribution in [3.63, 3.8) is 0 Å². The fourth-order valence-corrected chi connectivity index (χ4v) is 2.65. The third-order valence-corrected chi connectivity index (χ3v) is 4.16. The second-order valence-electron chi connectivity index (χ2n) is 5.77. The van der Waals surface area contributed by atoms with E-state index < -0.39 is 0 Å². The highest BCUT2D eigenvalue weighted by Gasteiger charge is 2.21. The summed E-state index contributed by atoms with van der Waals surface area (Å²) < 4.78 is 0. The van der Waals surface area contributed by atoms with Gasteiger partial charge in [0.2, 0.25) is 0 Å². The summed E-state index contributed by atoms with van der Waals surface area (Å²) in [7, 11) is 4.17. The van der Waals surface area contributed by atoms with Gasteiger partial charge < -0.3 is 9.80 Å². The van der Waals surface area contributed by atoms with Crippen LogP contribution in [0.2, 0.25) is 0 Å². The number of carbonyl (C=O) groups excluding carboxylic acids is 1. The van der Waals surface area contributed by atoms with E-state index in [1.807, 2.05) is 29.2 Å². The molecule has 1 aromatic rings. The Labute approximate surface area is 132 Å². The predicted molar refractivity (Wildman–Crippen MR) is 86.9 cm³/mol. The highest BCUT2D eigenvalue weighted by molar-refractivity contribution is 6.17. The quantitative estimate of drug-likeness (QED) is 0.775. The predicted octanol–water partition coefficient (Wildman–Crippen LogP) is 1.74. The molecule has 1 amide bonds. The first-order chi connectivity index (χ1) is 10.1. The molecule has 2 rings (SSSR count). The van der Waals surface area contributed by atoms with Gasteiger partial charge in [0.1, 0.15) is 0 Å². The standard InChI is InChI=1S/C16H24ClN3O/c1-18(2)6-7-19-8-10-20(11-9-19)16(21)15-5-3-4-14(12-15)13-17/h3-5,12H,6-11,13H2,1-2H3. The van der Waals surface area contributed by atoms with Crippen molar-refractivity contribution in [2.24, 2.45) is 0 Å². The van der Waals surface area contributed by atoms with Crippen LogP contribution in [0, 0.1) is 0 Å². The van der Waals surface area contributed by atoms with Crippen LogP contribution in [0.3, 0.4) is 0 Å². The van der Waals surface area contributed by atoms with Crippen LogP contribution in [0.25, 0.3) is 0 Å². The van der Waals surface area contributed by atoms with Gasteiger partial charge in [0.15, 0.2) is 0 Å². The third kappa shape index (κ3) is 4.70. The van der Waals surface area contributed by atoms with Crippen molar-refractivity contribution in [1.29, 1.82) is 0 Å². The number of halogens is 1. The van der Waals surface area contributed by atoms with E-state index in [0.29, 0.717) is 5.88 Å². The summed E-state index contributed by atoms with van der Waals surface area (Å²) >= 11 is 5.83. The largest absolute Gasteiger partial charge is 0.336 e. The fraction of sp³-hybridized carbons (Fsp3) is 0.562. The molecule has 0 aromatic heterocycles. The highest BCUT2D eigenvalue weighted by Crippen LogP contribution is 2.12. The average Bonchev–Trinajstić information content (AvgIpc) is 2.52. The summed E-state index contributed by atoms with van der Waals surface area (Å²) in [6.07, 6.45) is 0. The maximum absolute atomic E-state index is 12.5. The van der Waals surface area contributed by atoms with Gasteiger partial charge in [-0.05, 0) is 31.8 Å². The first kappa shape index (κ1) is 16.3. The molecule has 0 aliphatic carbocycles. The Morgan fingerprint density at radius 3 is 2.57 bits per heavy atom. The molecule has 1 aliphatic heterocycles. The number of hydrogen-bond acceptors (Lipinski definition) is 3. The van der Waals surface area contributed by atoms with Gasteiger partial charge in [0, 0.05) is 50.7 Å². The van der Waals surface area contributed by atoms with Crippen LogP contribution in [0.15, 0.2) is 24.3 Å². The molecule has 4 nitrogen and oxygen atoms in total. The maximum atomic E-state index is 12.5. The molecular weight excluding hydrogens is 286 g/mol. The Balaban J connectivity index is 1.88. The second kappa shape index (κ2) is 7.78. The van der Waals surface area contributed by atoms with Crippen molar-refractivity contribution in [3.05, 3.63) is 35.4 Å². The zero-order valence-electron chi connectivity index (χ0n) is 12.9. The molecule has 5 heteroatoms. The lowest BCUT2D eigenvalue weighted by atomic mass is 10.1. The minimum Gasteiger partial charge on any atom is -0.336 e. The van der Waals surface area contributed by atoms with Crippen LogP contribution >= 0.6 is 11.6 Å². The fourth-order valence-electron chi connectivity index (χ4n) is 2.49. The number of hydrogen-bond donors (Lipinski definition) is 0. The molecule has 1 saturated heterocycles. The van der Waals surface area contributed by atoms with E-state index in [1.165, 1.54) is 0 Å². The Morgan fingerprint density at radius 2 is 1.95 bits per heavy atom. The molecular formula is C16H24ClN3O. The Morgan fingerprint density at radius 1 is 1.24 bits per heavy atom. The summed E-state index contributed by atoms with van der Waals surface area (Å²) in [6.45, 7) is 5.64. The van der Waals surface area contributed by atoms with Crippen LogP contribution in [-0.2, 0) is 5.88 Å². The molecule has 1 aromatic carbocycles. The molecule has 0 N–H and O–H groups in total. The lowest BCUT2D eigenvalue weighted by Crippen LogP contribution is -2.50. The number of amides is 1. The van der Waals surface area contributed by atoms with Gasteiger partial charge >= 0.3 is 0 Å². The molecule has 1 fully saturated rings. The van der Waals surface area contributed by atoms with Crippen LogP contribution in [-0.4, -0.2) is 74.0 Å². The maximum Gasteiger partial charge on any atom is 0.253 e. The van der Waals surface area contributed by atoms with Gasteiger partial charge in [0.25, 0.3) is 5.91 Å². The van der Waals surface area contributed by atoms with E-state index in [9.17, 15) is 4.79 Å². The van der Waals surface area contributed by atoms with Crippen molar-refractivity contribution in [2.45, 2.75) is 5.88 Å². The number of piperazine rings is 1. The van der Waals surface area contributed by atoms with Gasteiger partial charge in [-0.1, -0.05) is 12.1 Å². The number of rotatable bonds is 5. The van der Waals surface area contributed by atoms with E-state index in [2.05, 4.69) is 23.9 Å². The SMILES string of the molecule is CN(C)CCN1CCN(C(=O)c2cccc(CCl)c2)CC1. The molecule has 0 unspecified atom stereocenters. The lowest BCUT2D eigenvalue weighted by Gasteiger charge is -2.35. The van der Waals surface area contributed by atoms with Gasteiger partial charge in [-0.15, -0.1) is 11.6 Å². The van der Waals surface area contributed by atoms with Gasteiger partial charge in [-0.25, -0.2) is 0 Å². The summed E-state index contributed by atoms with van der Waals surface area (Å²) in [5.74, 6) is 0.564. The summed E-state index contributed by atoms with van der Waals surface area (Å²) in [5, 5.41) is 0. The number of benzene rings is 1. The van der Waals surface area contributed by atoms with Gasteiger partial charge in [0.05, 0.1) is 0 Å². The smallest absolute Gasteiger partial charge is 0.253 e. The minimum absolute atomic E-state index is 0.120.